The molecule has 1 aromatic carbocycles. The molecule has 0 bridgehead atoms. The van der Waals surface area contributed by atoms with E-state index in [0.717, 1.165) is 43.2 Å². The molecule has 0 heterocycles. The van der Waals surface area contributed by atoms with Crippen LogP contribution in [0.25, 0.3) is 0 Å². The predicted octanol–water partition coefficient (Wildman–Crippen LogP) is 3.49. The molecule has 0 atom stereocenters. The lowest BCUT2D eigenvalue weighted by molar-refractivity contribution is 0.172. The summed E-state index contributed by atoms with van der Waals surface area (Å²) < 4.78 is 11.0. The minimum absolute atomic E-state index is 0. The first kappa shape index (κ1) is 23.0. The lowest BCUT2D eigenvalue weighted by Gasteiger charge is -2.13. The zero-order chi connectivity index (χ0) is 16.9. The van der Waals surface area contributed by atoms with Crippen molar-refractivity contribution in [2.45, 2.75) is 40.2 Å². The predicted molar refractivity (Wildman–Crippen MR) is 112 cm³/mol. The summed E-state index contributed by atoms with van der Waals surface area (Å²) in [5.41, 5.74) is 2.29. The molecule has 0 amide bonds. The van der Waals surface area contributed by atoms with Crippen LogP contribution in [0.4, 0.5) is 0 Å². The number of ether oxygens (including phenoxy) is 2. The van der Waals surface area contributed by atoms with E-state index in [2.05, 4.69) is 54.6 Å². The molecule has 0 fully saturated rings. The molecule has 6 heteroatoms. The van der Waals surface area contributed by atoms with Gasteiger partial charge in [-0.3, -0.25) is 0 Å². The first-order chi connectivity index (χ1) is 11.2. The van der Waals surface area contributed by atoms with Crippen LogP contribution in [0, 0.1) is 6.92 Å². The zero-order valence-corrected chi connectivity index (χ0v) is 17.7. The molecule has 0 unspecified atom stereocenters. The van der Waals surface area contributed by atoms with E-state index in [0.29, 0.717) is 19.8 Å². The number of hydrogen-bond acceptors (Lipinski definition) is 3. The van der Waals surface area contributed by atoms with Crippen LogP contribution >= 0.6 is 24.0 Å². The van der Waals surface area contributed by atoms with E-state index in [-0.39, 0.29) is 24.0 Å². The van der Waals surface area contributed by atoms with Crippen LogP contribution in [0.5, 0.6) is 5.75 Å². The van der Waals surface area contributed by atoms with E-state index in [1.807, 2.05) is 0 Å². The van der Waals surface area contributed by atoms with E-state index >= 15 is 0 Å². The van der Waals surface area contributed by atoms with Crippen molar-refractivity contribution in [3.63, 3.8) is 0 Å². The van der Waals surface area contributed by atoms with E-state index in [9.17, 15) is 0 Å². The summed E-state index contributed by atoms with van der Waals surface area (Å²) >= 11 is 0. The third-order valence-electron chi connectivity index (χ3n) is 3.27. The van der Waals surface area contributed by atoms with Crippen LogP contribution < -0.4 is 15.4 Å². The molecule has 2 N–H and O–H groups in total. The summed E-state index contributed by atoms with van der Waals surface area (Å²) in [7, 11) is 1.71. The summed E-state index contributed by atoms with van der Waals surface area (Å²) in [6.07, 6.45) is 1.96. The molecule has 0 spiro atoms. The number of aryl methyl sites for hydroxylation is 1. The van der Waals surface area contributed by atoms with Gasteiger partial charge < -0.3 is 20.1 Å². The first-order valence-corrected chi connectivity index (χ1v) is 8.44. The Hall–Kier alpha value is -1.02. The molecule has 0 saturated carbocycles. The van der Waals surface area contributed by atoms with E-state index in [4.69, 9.17) is 9.47 Å². The second-order valence-electron chi connectivity index (χ2n) is 5.43. The number of aliphatic imine (C=N–C) groups is 1. The zero-order valence-electron chi connectivity index (χ0n) is 15.4. The molecule has 138 valence electrons. The second-order valence-corrected chi connectivity index (χ2v) is 5.43. The molecule has 1 rings (SSSR count). The van der Waals surface area contributed by atoms with E-state index in [1.165, 1.54) is 5.56 Å². The van der Waals surface area contributed by atoms with Crippen LogP contribution in [-0.4, -0.2) is 39.4 Å². The summed E-state index contributed by atoms with van der Waals surface area (Å²) in [5.74, 6) is 1.76. The maximum absolute atomic E-state index is 5.90. The molecule has 0 saturated heterocycles. The summed E-state index contributed by atoms with van der Waals surface area (Å²) in [5, 5.41) is 6.57. The van der Waals surface area contributed by atoms with Gasteiger partial charge in [0.05, 0.1) is 13.2 Å². The first-order valence-electron chi connectivity index (χ1n) is 8.44. The number of nitrogens with zero attached hydrogens (tertiary/aromatic N) is 1. The molecule has 0 aliphatic heterocycles. The summed E-state index contributed by atoms with van der Waals surface area (Å²) in [6, 6.07) is 6.26. The van der Waals surface area contributed by atoms with Crippen LogP contribution in [0.15, 0.2) is 23.2 Å². The highest BCUT2D eigenvalue weighted by atomic mass is 127. The fraction of sp³-hybridized carbons (Fsp3) is 0.611. The Morgan fingerprint density at radius 3 is 2.62 bits per heavy atom. The molecule has 0 aliphatic carbocycles. The summed E-state index contributed by atoms with van der Waals surface area (Å²) in [6.45, 7) is 10.0. The molecule has 0 aromatic heterocycles. The SMILES string of the molecule is CCCNC(=NCc1ccc(C)cc1OCCCOC)NCC.I. The smallest absolute Gasteiger partial charge is 0.191 e. The molecule has 0 aliphatic rings. The third kappa shape index (κ3) is 9.32. The van der Waals surface area contributed by atoms with Crippen molar-refractivity contribution < 1.29 is 9.47 Å². The lowest BCUT2D eigenvalue weighted by Crippen LogP contribution is -2.37. The van der Waals surface area contributed by atoms with E-state index < -0.39 is 0 Å². The number of rotatable bonds is 10. The highest BCUT2D eigenvalue weighted by Gasteiger charge is 2.05. The van der Waals surface area contributed by atoms with Gasteiger partial charge in [-0.05, 0) is 31.9 Å². The average Bonchev–Trinajstić information content (AvgIpc) is 2.55. The van der Waals surface area contributed by atoms with Gasteiger partial charge in [0, 0.05) is 38.8 Å². The van der Waals surface area contributed by atoms with Gasteiger partial charge in [0.2, 0.25) is 0 Å². The van der Waals surface area contributed by atoms with Gasteiger partial charge in [-0.2, -0.15) is 0 Å². The van der Waals surface area contributed by atoms with Crippen molar-refractivity contribution in [1.29, 1.82) is 0 Å². The van der Waals surface area contributed by atoms with Gasteiger partial charge in [-0.1, -0.05) is 19.1 Å². The normalized spacial score (nSPS) is 10.9. The molecular weight excluding hydrogens is 417 g/mol. The van der Waals surface area contributed by atoms with Crippen molar-refractivity contribution in [2.75, 3.05) is 33.4 Å². The number of nitrogens with one attached hydrogen (secondary N) is 2. The van der Waals surface area contributed by atoms with Crippen LogP contribution in [-0.2, 0) is 11.3 Å². The van der Waals surface area contributed by atoms with Gasteiger partial charge in [0.25, 0.3) is 0 Å². The lowest BCUT2D eigenvalue weighted by atomic mass is 10.1. The number of hydrogen-bond donors (Lipinski definition) is 2. The fourth-order valence-corrected chi connectivity index (χ4v) is 2.06. The average molecular weight is 449 g/mol. The minimum Gasteiger partial charge on any atom is -0.493 e. The van der Waals surface area contributed by atoms with Crippen molar-refractivity contribution in [2.24, 2.45) is 4.99 Å². The van der Waals surface area contributed by atoms with Crippen molar-refractivity contribution in [3.8, 4) is 5.75 Å². The van der Waals surface area contributed by atoms with Gasteiger partial charge >= 0.3 is 0 Å². The maximum atomic E-state index is 5.90. The quantitative estimate of drug-likeness (QED) is 0.249. The second kappa shape index (κ2) is 14.3. The Labute approximate surface area is 163 Å². The Bertz CT molecular complexity index is 481. The Morgan fingerprint density at radius 1 is 1.17 bits per heavy atom. The third-order valence-corrected chi connectivity index (χ3v) is 3.27. The number of benzene rings is 1. The Morgan fingerprint density at radius 2 is 1.96 bits per heavy atom. The van der Waals surface area contributed by atoms with Crippen LogP contribution in [0.2, 0.25) is 0 Å². The van der Waals surface area contributed by atoms with Gasteiger partial charge in [-0.15, -0.1) is 24.0 Å². The van der Waals surface area contributed by atoms with Crippen molar-refractivity contribution in [1.82, 2.24) is 10.6 Å². The van der Waals surface area contributed by atoms with Crippen molar-refractivity contribution >= 4 is 29.9 Å². The highest BCUT2D eigenvalue weighted by molar-refractivity contribution is 14.0. The van der Waals surface area contributed by atoms with Gasteiger partial charge in [-0.25, -0.2) is 4.99 Å². The largest absolute Gasteiger partial charge is 0.493 e. The number of methoxy groups -OCH3 is 1. The van der Waals surface area contributed by atoms with Gasteiger partial charge in [0.1, 0.15) is 5.75 Å². The Balaban J connectivity index is 0.00000529. The van der Waals surface area contributed by atoms with Crippen LogP contribution in [0.3, 0.4) is 0 Å². The molecule has 5 nitrogen and oxygen atoms in total. The van der Waals surface area contributed by atoms with Crippen LogP contribution in [0.1, 0.15) is 37.8 Å². The van der Waals surface area contributed by atoms with E-state index in [1.54, 1.807) is 7.11 Å². The fourth-order valence-electron chi connectivity index (χ4n) is 2.06. The number of guanidine groups is 1. The monoisotopic (exact) mass is 449 g/mol. The number of halogens is 1. The maximum Gasteiger partial charge on any atom is 0.191 e. The highest BCUT2D eigenvalue weighted by Crippen LogP contribution is 2.21. The van der Waals surface area contributed by atoms with Crippen molar-refractivity contribution in [3.05, 3.63) is 29.3 Å². The standard InChI is InChI=1S/C18H31N3O2.HI/c1-5-10-20-18(19-6-2)21-14-16-9-8-15(3)13-17(16)23-12-7-11-22-4;/h8-9,13H,5-7,10-12,14H2,1-4H3,(H2,19,20,21);1H. The summed E-state index contributed by atoms with van der Waals surface area (Å²) in [4.78, 5) is 4.65. The molecular formula is C18H32IN3O2. The van der Waals surface area contributed by atoms with Gasteiger partial charge in [0.15, 0.2) is 5.96 Å². The topological polar surface area (TPSA) is 54.9 Å². The minimum atomic E-state index is 0. The molecule has 1 aromatic rings. The molecule has 0 radical (unpaired) electrons. The Kier molecular flexibility index (Phi) is 13.7. The molecule has 24 heavy (non-hydrogen) atoms.